The van der Waals surface area contributed by atoms with Crippen molar-refractivity contribution < 1.29 is 0 Å². The first-order chi connectivity index (χ1) is 5.25. The number of halogens is 1. The Balaban J connectivity index is 0.000000720. The summed E-state index contributed by atoms with van der Waals surface area (Å²) in [5, 5.41) is 0. The van der Waals surface area contributed by atoms with Crippen LogP contribution in [-0.4, -0.2) is 16.9 Å². The topological polar surface area (TPSA) is 26.0 Å². The van der Waals surface area contributed by atoms with Gasteiger partial charge in [-0.15, -0.1) is 12.4 Å². The number of nitrogen functional groups attached to an aromatic ring is 1. The summed E-state index contributed by atoms with van der Waals surface area (Å²) in [4.78, 5) is 0. The van der Waals surface area contributed by atoms with Crippen LogP contribution in [-0.2, 0) is 12.8 Å². The van der Waals surface area contributed by atoms with Gasteiger partial charge in [0, 0.05) is 0 Å². The molecule has 1 aliphatic rings. The zero-order valence-electron chi connectivity index (χ0n) is 6.79. The third-order valence-corrected chi connectivity index (χ3v) is 3.18. The van der Waals surface area contributed by atoms with Gasteiger partial charge in [-0.05, 0) is 0 Å². The average molecular weight is 246 g/mol. The summed E-state index contributed by atoms with van der Waals surface area (Å²) in [5.41, 5.74) is 9.57. The van der Waals surface area contributed by atoms with Crippen LogP contribution in [0.2, 0.25) is 4.71 Å². The fraction of sp³-hybridized carbons (Fsp3) is 0.333. The molecular formula is C9H13AsClN. The van der Waals surface area contributed by atoms with Gasteiger partial charge in [-0.2, -0.15) is 0 Å². The Kier molecular flexibility index (Phi) is 3.09. The zero-order valence-corrected chi connectivity index (χ0v) is 10.0. The fourth-order valence-electron chi connectivity index (χ4n) is 1.67. The predicted octanol–water partition coefficient (Wildman–Crippen LogP) is 1.21. The van der Waals surface area contributed by atoms with E-state index in [1.165, 1.54) is 24.0 Å². The molecule has 66 valence electrons. The maximum atomic E-state index is 5.68. The van der Waals surface area contributed by atoms with Gasteiger partial charge in [-0.1, -0.05) is 0 Å². The van der Waals surface area contributed by atoms with Gasteiger partial charge in [0.15, 0.2) is 0 Å². The van der Waals surface area contributed by atoms with Crippen LogP contribution in [0.25, 0.3) is 0 Å². The molecule has 12 heavy (non-hydrogen) atoms. The van der Waals surface area contributed by atoms with Crippen molar-refractivity contribution in [1.29, 1.82) is 0 Å². The zero-order chi connectivity index (χ0) is 7.84. The standard InChI is InChI=1S/C9H12AsN.ClH/c10-8-3-6-1-2-9(11)5-7(6)4-8;/h1-2,5,8H,3-4,10-11H2;1H. The van der Waals surface area contributed by atoms with E-state index in [-0.39, 0.29) is 12.4 Å². The van der Waals surface area contributed by atoms with E-state index in [9.17, 15) is 0 Å². The Hall–Kier alpha value is -0.132. The Bertz CT molecular complexity index is 288. The summed E-state index contributed by atoms with van der Waals surface area (Å²) in [6.45, 7) is 0. The molecule has 1 aliphatic carbocycles. The molecule has 2 atom stereocenters. The molecule has 0 saturated carbocycles. The van der Waals surface area contributed by atoms with E-state index in [2.05, 4.69) is 12.1 Å². The van der Waals surface area contributed by atoms with E-state index in [1.807, 2.05) is 22.9 Å². The number of hydrogen-bond donors (Lipinski definition) is 1. The number of fused-ring (bicyclic) bond motifs is 1. The Morgan fingerprint density at radius 3 is 2.67 bits per heavy atom. The predicted molar refractivity (Wildman–Crippen MR) is 57.8 cm³/mol. The second-order valence-corrected chi connectivity index (χ2v) is 5.17. The Morgan fingerprint density at radius 2 is 1.92 bits per heavy atom. The van der Waals surface area contributed by atoms with Crippen LogP contribution >= 0.6 is 12.4 Å². The quantitative estimate of drug-likeness (QED) is 0.540. The van der Waals surface area contributed by atoms with E-state index in [4.69, 9.17) is 5.73 Å². The van der Waals surface area contributed by atoms with Gasteiger partial charge in [0.1, 0.15) is 0 Å². The summed E-state index contributed by atoms with van der Waals surface area (Å²) in [6.07, 6.45) is 2.50. The minimum absolute atomic E-state index is 0. The van der Waals surface area contributed by atoms with Gasteiger partial charge >= 0.3 is 75.1 Å². The van der Waals surface area contributed by atoms with Gasteiger partial charge in [-0.25, -0.2) is 0 Å². The number of nitrogens with two attached hydrogens (primary N) is 1. The molecule has 3 heteroatoms. The molecule has 0 saturated heterocycles. The Labute approximate surface area is 87.6 Å². The first-order valence-electron chi connectivity index (χ1n) is 3.88. The average Bonchev–Trinajstić information content (AvgIpc) is 2.27. The Morgan fingerprint density at radius 1 is 1.25 bits per heavy atom. The van der Waals surface area contributed by atoms with Crippen LogP contribution in [0.5, 0.6) is 0 Å². The summed E-state index contributed by atoms with van der Waals surface area (Å²) >= 11 is 1.85. The van der Waals surface area contributed by atoms with Gasteiger partial charge < -0.3 is 0 Å². The molecule has 2 rings (SSSR count). The van der Waals surface area contributed by atoms with Gasteiger partial charge in [0.05, 0.1) is 0 Å². The molecule has 0 aromatic heterocycles. The second kappa shape index (κ2) is 3.72. The molecule has 0 radical (unpaired) electrons. The van der Waals surface area contributed by atoms with Crippen molar-refractivity contribution >= 4 is 34.9 Å². The SMILES string of the molecule is Cl.Nc1ccc2c(c1)CC([AsH2])C2. The summed E-state index contributed by atoms with van der Waals surface area (Å²) in [6, 6.07) is 6.29. The van der Waals surface area contributed by atoms with Crippen molar-refractivity contribution in [2.24, 2.45) is 0 Å². The molecule has 1 nitrogen and oxygen atoms in total. The molecule has 0 spiro atoms. The summed E-state index contributed by atoms with van der Waals surface area (Å²) < 4.78 is 0.874. The van der Waals surface area contributed by atoms with E-state index in [1.54, 1.807) is 0 Å². The van der Waals surface area contributed by atoms with Crippen LogP contribution in [0.1, 0.15) is 11.1 Å². The first kappa shape index (κ1) is 9.95. The first-order valence-corrected chi connectivity index (χ1v) is 5.28. The van der Waals surface area contributed by atoms with Crippen LogP contribution in [0.15, 0.2) is 18.2 Å². The van der Waals surface area contributed by atoms with E-state index < -0.39 is 0 Å². The van der Waals surface area contributed by atoms with Gasteiger partial charge in [0.2, 0.25) is 0 Å². The molecule has 0 amide bonds. The summed E-state index contributed by atoms with van der Waals surface area (Å²) in [7, 11) is 0. The number of rotatable bonds is 0. The molecule has 0 heterocycles. The fourth-order valence-corrected chi connectivity index (χ4v) is 2.74. The molecule has 2 unspecified atom stereocenters. The van der Waals surface area contributed by atoms with Gasteiger partial charge in [0.25, 0.3) is 0 Å². The van der Waals surface area contributed by atoms with Crippen LogP contribution in [0, 0.1) is 0 Å². The van der Waals surface area contributed by atoms with Crippen LogP contribution < -0.4 is 5.73 Å². The third kappa shape index (κ3) is 1.78. The van der Waals surface area contributed by atoms with Crippen molar-refractivity contribution in [2.45, 2.75) is 17.5 Å². The van der Waals surface area contributed by atoms with Crippen molar-refractivity contribution in [3.63, 3.8) is 0 Å². The van der Waals surface area contributed by atoms with Crippen molar-refractivity contribution in [3.8, 4) is 0 Å². The van der Waals surface area contributed by atoms with Gasteiger partial charge in [-0.3, -0.25) is 0 Å². The molecule has 1 aromatic rings. The third-order valence-electron chi connectivity index (χ3n) is 2.19. The normalized spacial score (nSPS) is 19.9. The van der Waals surface area contributed by atoms with Crippen LogP contribution in [0.3, 0.4) is 0 Å². The van der Waals surface area contributed by atoms with E-state index >= 15 is 0 Å². The van der Waals surface area contributed by atoms with Crippen molar-refractivity contribution in [3.05, 3.63) is 29.3 Å². The molecule has 0 bridgehead atoms. The minimum atomic E-state index is 0. The monoisotopic (exact) mass is 245 g/mol. The molecular weight excluding hydrogens is 232 g/mol. The summed E-state index contributed by atoms with van der Waals surface area (Å²) in [5.74, 6) is 0. The second-order valence-electron chi connectivity index (χ2n) is 3.20. The number of anilines is 1. The maximum absolute atomic E-state index is 5.68. The molecule has 0 fully saturated rings. The van der Waals surface area contributed by atoms with Crippen molar-refractivity contribution in [1.82, 2.24) is 0 Å². The van der Waals surface area contributed by atoms with E-state index in [0.717, 1.165) is 10.4 Å². The molecule has 2 N–H and O–H groups in total. The van der Waals surface area contributed by atoms with Crippen LogP contribution in [0.4, 0.5) is 5.69 Å². The van der Waals surface area contributed by atoms with Crippen molar-refractivity contribution in [2.75, 3.05) is 5.73 Å². The molecule has 1 aromatic carbocycles. The molecule has 0 aliphatic heterocycles. The van der Waals surface area contributed by atoms with E-state index in [0.29, 0.717) is 0 Å². The number of benzene rings is 1. The number of hydrogen-bond acceptors (Lipinski definition) is 1.